The minimum atomic E-state index is -0.757. The molecule has 0 saturated heterocycles. The van der Waals surface area contributed by atoms with Crippen molar-refractivity contribution in [1.29, 1.82) is 0 Å². The minimum absolute atomic E-state index is 0.0532. The number of rotatable bonds is 1. The first-order valence-electron chi connectivity index (χ1n) is 2.93. The van der Waals surface area contributed by atoms with Crippen LogP contribution in [0, 0.1) is 12.7 Å². The van der Waals surface area contributed by atoms with Gasteiger partial charge in [0, 0.05) is 5.69 Å². The number of hydrogen-bond donors (Lipinski definition) is 0. The molecule has 1 aromatic heterocycles. The topological polar surface area (TPSA) is 30.0 Å². The number of halogens is 2. The fourth-order valence-corrected chi connectivity index (χ4v) is 0.972. The van der Waals surface area contributed by atoms with Crippen molar-refractivity contribution in [2.45, 2.75) is 6.92 Å². The van der Waals surface area contributed by atoms with Crippen LogP contribution < -0.4 is 0 Å². The molecule has 0 amide bonds. The molecular formula is C7H5ClFNO. The highest BCUT2D eigenvalue weighted by Crippen LogP contribution is 2.15. The highest BCUT2D eigenvalue weighted by Gasteiger charge is 2.07. The van der Waals surface area contributed by atoms with E-state index < -0.39 is 5.82 Å². The molecule has 0 atom stereocenters. The van der Waals surface area contributed by atoms with E-state index in [1.807, 2.05) is 0 Å². The average Bonchev–Trinajstić information content (AvgIpc) is 1.96. The summed E-state index contributed by atoms with van der Waals surface area (Å²) >= 11 is 5.35. The number of carbonyl (C=O) groups excluding carboxylic acids is 1. The number of pyridine rings is 1. The van der Waals surface area contributed by atoms with Crippen LogP contribution in [0.4, 0.5) is 4.39 Å². The Hall–Kier alpha value is -0.960. The summed E-state index contributed by atoms with van der Waals surface area (Å²) in [6, 6.07) is 1.34. The van der Waals surface area contributed by atoms with Crippen LogP contribution in [-0.2, 0) is 0 Å². The summed E-state index contributed by atoms with van der Waals surface area (Å²) in [5, 5.41) is -0.257. The van der Waals surface area contributed by atoms with Gasteiger partial charge in [-0.15, -0.1) is 0 Å². The molecule has 0 aliphatic carbocycles. The van der Waals surface area contributed by atoms with Gasteiger partial charge in [0.25, 0.3) is 0 Å². The van der Waals surface area contributed by atoms with E-state index in [1.165, 1.54) is 6.07 Å². The molecule has 1 rings (SSSR count). The zero-order chi connectivity index (χ0) is 8.43. The van der Waals surface area contributed by atoms with E-state index in [0.717, 1.165) is 0 Å². The fraction of sp³-hybridized carbons (Fsp3) is 0.143. The molecule has 0 aliphatic heterocycles. The Labute approximate surface area is 68.0 Å². The first-order chi connectivity index (χ1) is 5.15. The summed E-state index contributed by atoms with van der Waals surface area (Å²) in [5.74, 6) is -0.757. The average molecular weight is 174 g/mol. The number of aromatic nitrogens is 1. The van der Waals surface area contributed by atoms with Gasteiger partial charge >= 0.3 is 0 Å². The highest BCUT2D eigenvalue weighted by molar-refractivity contribution is 6.29. The Morgan fingerprint density at radius 2 is 2.36 bits per heavy atom. The van der Waals surface area contributed by atoms with Crippen molar-refractivity contribution in [3.63, 3.8) is 0 Å². The summed E-state index contributed by atoms with van der Waals surface area (Å²) in [6.07, 6.45) is 0.413. The Balaban J connectivity index is 3.35. The molecule has 0 unspecified atom stereocenters. The molecule has 0 saturated carbocycles. The first-order valence-corrected chi connectivity index (χ1v) is 3.30. The molecule has 11 heavy (non-hydrogen) atoms. The van der Waals surface area contributed by atoms with Crippen LogP contribution in [0.25, 0.3) is 0 Å². The molecule has 0 aromatic carbocycles. The third-order valence-corrected chi connectivity index (χ3v) is 1.45. The molecule has 1 heterocycles. The van der Waals surface area contributed by atoms with Gasteiger partial charge in [0.1, 0.15) is 0 Å². The van der Waals surface area contributed by atoms with Crippen molar-refractivity contribution in [1.82, 2.24) is 4.98 Å². The van der Waals surface area contributed by atoms with E-state index in [9.17, 15) is 9.18 Å². The molecule has 2 nitrogen and oxygen atoms in total. The van der Waals surface area contributed by atoms with Gasteiger partial charge in [-0.3, -0.25) is 4.79 Å². The Morgan fingerprint density at radius 1 is 1.73 bits per heavy atom. The summed E-state index contributed by atoms with van der Waals surface area (Å²) < 4.78 is 12.8. The van der Waals surface area contributed by atoms with E-state index in [0.29, 0.717) is 12.0 Å². The minimum Gasteiger partial charge on any atom is -0.298 e. The zero-order valence-electron chi connectivity index (χ0n) is 5.77. The fourth-order valence-electron chi connectivity index (χ4n) is 0.729. The van der Waals surface area contributed by atoms with Crippen LogP contribution in [0.3, 0.4) is 0 Å². The summed E-state index contributed by atoms with van der Waals surface area (Å²) in [7, 11) is 0. The van der Waals surface area contributed by atoms with Crippen LogP contribution in [0.2, 0.25) is 5.15 Å². The number of aldehydes is 1. The van der Waals surface area contributed by atoms with Gasteiger partial charge in [-0.2, -0.15) is 0 Å². The molecule has 0 fully saturated rings. The van der Waals surface area contributed by atoms with Crippen molar-refractivity contribution in [3.05, 3.63) is 28.3 Å². The van der Waals surface area contributed by atoms with Crippen LogP contribution >= 0.6 is 11.6 Å². The highest BCUT2D eigenvalue weighted by atomic mass is 35.5. The lowest BCUT2D eigenvalue weighted by molar-refractivity contribution is 0.111. The Bertz CT molecular complexity index is 301. The van der Waals surface area contributed by atoms with Gasteiger partial charge in [-0.25, -0.2) is 9.37 Å². The Morgan fingerprint density at radius 3 is 2.91 bits per heavy atom. The van der Waals surface area contributed by atoms with E-state index in [-0.39, 0.29) is 10.7 Å². The maximum atomic E-state index is 12.8. The van der Waals surface area contributed by atoms with Crippen LogP contribution in [0.15, 0.2) is 6.07 Å². The van der Waals surface area contributed by atoms with Gasteiger partial charge in [-0.05, 0) is 13.0 Å². The largest absolute Gasteiger partial charge is 0.298 e. The van der Waals surface area contributed by atoms with E-state index in [2.05, 4.69) is 4.98 Å². The van der Waals surface area contributed by atoms with E-state index >= 15 is 0 Å². The molecular weight excluding hydrogens is 169 g/mol. The third kappa shape index (κ3) is 1.54. The summed E-state index contributed by atoms with van der Waals surface area (Å²) in [5.41, 5.74) is 0.473. The lowest BCUT2D eigenvalue weighted by Gasteiger charge is -1.97. The molecule has 0 bridgehead atoms. The van der Waals surface area contributed by atoms with E-state index in [1.54, 1.807) is 6.92 Å². The zero-order valence-corrected chi connectivity index (χ0v) is 6.52. The maximum Gasteiger partial charge on any atom is 0.170 e. The van der Waals surface area contributed by atoms with Crippen LogP contribution in [0.1, 0.15) is 16.1 Å². The summed E-state index contributed by atoms with van der Waals surface area (Å²) in [4.78, 5) is 13.8. The van der Waals surface area contributed by atoms with Crippen LogP contribution in [-0.4, -0.2) is 11.3 Å². The van der Waals surface area contributed by atoms with E-state index in [4.69, 9.17) is 11.6 Å². The van der Waals surface area contributed by atoms with Crippen molar-refractivity contribution in [3.8, 4) is 0 Å². The third-order valence-electron chi connectivity index (χ3n) is 1.20. The predicted octanol–water partition coefficient (Wildman–Crippen LogP) is 2.00. The number of hydrogen-bond acceptors (Lipinski definition) is 2. The van der Waals surface area contributed by atoms with Crippen LogP contribution in [0.5, 0.6) is 0 Å². The van der Waals surface area contributed by atoms with Crippen molar-refractivity contribution in [2.24, 2.45) is 0 Å². The second-order valence-corrected chi connectivity index (χ2v) is 2.43. The van der Waals surface area contributed by atoms with Crippen molar-refractivity contribution >= 4 is 17.9 Å². The number of nitrogens with zero attached hydrogens (tertiary/aromatic N) is 1. The maximum absolute atomic E-state index is 12.8. The normalized spacial score (nSPS) is 9.73. The lowest BCUT2D eigenvalue weighted by Crippen LogP contribution is -1.93. The van der Waals surface area contributed by atoms with Crippen molar-refractivity contribution < 1.29 is 9.18 Å². The molecule has 0 spiro atoms. The molecule has 1 aromatic rings. The number of aryl methyl sites for hydroxylation is 1. The van der Waals surface area contributed by atoms with Gasteiger partial charge < -0.3 is 0 Å². The van der Waals surface area contributed by atoms with Gasteiger partial charge in [0.15, 0.2) is 17.3 Å². The molecule has 0 N–H and O–H groups in total. The van der Waals surface area contributed by atoms with Gasteiger partial charge in [0.05, 0.1) is 5.56 Å². The van der Waals surface area contributed by atoms with Gasteiger partial charge in [0.2, 0.25) is 0 Å². The van der Waals surface area contributed by atoms with Gasteiger partial charge in [-0.1, -0.05) is 11.6 Å². The second kappa shape index (κ2) is 2.96. The first kappa shape index (κ1) is 8.14. The molecule has 0 aliphatic rings. The SMILES string of the molecule is Cc1cc(C=O)c(F)c(Cl)n1. The smallest absolute Gasteiger partial charge is 0.170 e. The molecule has 58 valence electrons. The standard InChI is InChI=1S/C7H5ClFNO/c1-4-2-5(3-11)6(9)7(8)10-4/h2-3H,1H3. The quantitative estimate of drug-likeness (QED) is 0.480. The molecule has 0 radical (unpaired) electrons. The molecule has 4 heteroatoms. The Kier molecular flexibility index (Phi) is 2.19. The predicted molar refractivity (Wildman–Crippen MR) is 39.3 cm³/mol. The lowest BCUT2D eigenvalue weighted by atomic mass is 10.2. The monoisotopic (exact) mass is 173 g/mol. The van der Waals surface area contributed by atoms with Crippen molar-refractivity contribution in [2.75, 3.05) is 0 Å². The second-order valence-electron chi connectivity index (χ2n) is 2.08. The number of carbonyl (C=O) groups is 1. The summed E-state index contributed by atoms with van der Waals surface area (Å²) in [6.45, 7) is 1.64.